The molecule has 0 aliphatic rings. The Morgan fingerprint density at radius 3 is 2.42 bits per heavy atom. The lowest BCUT2D eigenvalue weighted by molar-refractivity contribution is -0.121. The fourth-order valence-electron chi connectivity index (χ4n) is 2.68. The average molecular weight is 359 g/mol. The minimum atomic E-state index is -0.208. The summed E-state index contributed by atoms with van der Waals surface area (Å²) in [5.41, 5.74) is 2.12. The Balaban J connectivity index is 2.24. The molecule has 2 aromatic heterocycles. The van der Waals surface area contributed by atoms with Crippen LogP contribution in [-0.2, 0) is 4.79 Å². The van der Waals surface area contributed by atoms with Gasteiger partial charge in [0.25, 0.3) is 5.91 Å². The van der Waals surface area contributed by atoms with Crippen LogP contribution in [0, 0.1) is 0 Å². The number of nitrogens with zero attached hydrogens (tertiary/aromatic N) is 3. The number of pyridine rings is 1. The number of aromatic nitrogens is 3. The fourth-order valence-corrected chi connectivity index (χ4v) is 2.68. The van der Waals surface area contributed by atoms with Crippen LogP contribution in [0.25, 0.3) is 11.0 Å². The minimum Gasteiger partial charge on any atom is -0.354 e. The van der Waals surface area contributed by atoms with Gasteiger partial charge in [0, 0.05) is 30.7 Å². The lowest BCUT2D eigenvalue weighted by Gasteiger charge is -2.12. The number of rotatable bonds is 7. The van der Waals surface area contributed by atoms with Gasteiger partial charge in [-0.25, -0.2) is 9.67 Å². The van der Waals surface area contributed by atoms with Crippen molar-refractivity contribution in [3.63, 3.8) is 0 Å². The molecule has 26 heavy (non-hydrogen) atoms. The van der Waals surface area contributed by atoms with Crippen LogP contribution in [0.2, 0.25) is 0 Å². The molecule has 0 spiro atoms. The highest BCUT2D eigenvalue weighted by Gasteiger charge is 2.19. The van der Waals surface area contributed by atoms with Gasteiger partial charge in [0.1, 0.15) is 0 Å². The van der Waals surface area contributed by atoms with E-state index >= 15 is 0 Å². The molecule has 0 aliphatic carbocycles. The van der Waals surface area contributed by atoms with Gasteiger partial charge in [0.05, 0.1) is 17.1 Å². The largest absolute Gasteiger partial charge is 0.354 e. The van der Waals surface area contributed by atoms with Crippen LogP contribution in [-0.4, -0.2) is 39.2 Å². The summed E-state index contributed by atoms with van der Waals surface area (Å²) in [7, 11) is 0. The van der Waals surface area contributed by atoms with Gasteiger partial charge < -0.3 is 10.6 Å². The first kappa shape index (κ1) is 19.9. The summed E-state index contributed by atoms with van der Waals surface area (Å²) in [6, 6.07) is 2.06. The van der Waals surface area contributed by atoms with Gasteiger partial charge >= 0.3 is 0 Å². The van der Waals surface area contributed by atoms with Gasteiger partial charge in [0.15, 0.2) is 5.65 Å². The molecule has 2 aromatic rings. The van der Waals surface area contributed by atoms with Crippen LogP contribution in [0.4, 0.5) is 0 Å². The standard InChI is InChI=1S/C19H29N5O2/c1-11(2)16-9-14(15-10-21-24(13(5)6)18(15)23-16)19(26)20-8-7-17(25)22-12(3)4/h9-13H,7-8H2,1-6H3,(H,20,26)(H,22,25). The van der Waals surface area contributed by atoms with E-state index in [1.807, 2.05) is 52.3 Å². The molecule has 7 heteroatoms. The Kier molecular flexibility index (Phi) is 6.34. The summed E-state index contributed by atoms with van der Waals surface area (Å²) >= 11 is 0. The zero-order valence-corrected chi connectivity index (χ0v) is 16.5. The van der Waals surface area contributed by atoms with E-state index in [0.717, 1.165) is 11.1 Å². The van der Waals surface area contributed by atoms with Crippen molar-refractivity contribution in [2.45, 2.75) is 66.0 Å². The third-order valence-corrected chi connectivity index (χ3v) is 4.00. The molecule has 7 nitrogen and oxygen atoms in total. The number of nitrogens with one attached hydrogen (secondary N) is 2. The van der Waals surface area contributed by atoms with E-state index in [1.165, 1.54) is 0 Å². The maximum Gasteiger partial charge on any atom is 0.252 e. The maximum atomic E-state index is 12.7. The van der Waals surface area contributed by atoms with E-state index in [4.69, 9.17) is 4.98 Å². The molecule has 2 rings (SSSR count). The van der Waals surface area contributed by atoms with E-state index < -0.39 is 0 Å². The first-order valence-electron chi connectivity index (χ1n) is 9.16. The van der Waals surface area contributed by atoms with E-state index in [9.17, 15) is 9.59 Å². The van der Waals surface area contributed by atoms with Crippen LogP contribution in [0.3, 0.4) is 0 Å². The van der Waals surface area contributed by atoms with Crippen LogP contribution >= 0.6 is 0 Å². The molecule has 2 N–H and O–H groups in total. The van der Waals surface area contributed by atoms with Crippen molar-refractivity contribution in [1.82, 2.24) is 25.4 Å². The molecule has 0 saturated heterocycles. The average Bonchev–Trinajstić information content (AvgIpc) is 2.96. The van der Waals surface area contributed by atoms with Crippen LogP contribution in [0.5, 0.6) is 0 Å². The molecule has 0 bridgehead atoms. The second-order valence-electron chi connectivity index (χ2n) is 7.40. The van der Waals surface area contributed by atoms with Crippen LogP contribution in [0.1, 0.15) is 76.0 Å². The Bertz CT molecular complexity index is 793. The van der Waals surface area contributed by atoms with E-state index in [-0.39, 0.29) is 42.8 Å². The monoisotopic (exact) mass is 359 g/mol. The minimum absolute atomic E-state index is 0.0735. The molecule has 0 fully saturated rings. The molecule has 2 heterocycles. The van der Waals surface area contributed by atoms with Gasteiger partial charge in [-0.3, -0.25) is 9.59 Å². The molecule has 142 valence electrons. The first-order valence-corrected chi connectivity index (χ1v) is 9.16. The Morgan fingerprint density at radius 1 is 1.15 bits per heavy atom. The smallest absolute Gasteiger partial charge is 0.252 e. The van der Waals surface area contributed by atoms with Gasteiger partial charge in [-0.15, -0.1) is 0 Å². The second kappa shape index (κ2) is 8.29. The fraction of sp³-hybridized carbons (Fsp3) is 0.579. The highest BCUT2D eigenvalue weighted by Crippen LogP contribution is 2.24. The van der Waals surface area contributed by atoms with Gasteiger partial charge in [0.2, 0.25) is 5.91 Å². The van der Waals surface area contributed by atoms with Crippen molar-refractivity contribution < 1.29 is 9.59 Å². The topological polar surface area (TPSA) is 88.9 Å². The highest BCUT2D eigenvalue weighted by molar-refractivity contribution is 6.05. The normalized spacial score (nSPS) is 11.6. The summed E-state index contributed by atoms with van der Waals surface area (Å²) in [4.78, 5) is 29.1. The van der Waals surface area contributed by atoms with Crippen molar-refractivity contribution in [1.29, 1.82) is 0 Å². The first-order chi connectivity index (χ1) is 12.2. The third-order valence-electron chi connectivity index (χ3n) is 4.00. The number of carbonyl (C=O) groups is 2. The Morgan fingerprint density at radius 2 is 1.85 bits per heavy atom. The summed E-state index contributed by atoms with van der Waals surface area (Å²) < 4.78 is 1.83. The summed E-state index contributed by atoms with van der Waals surface area (Å²) in [5.74, 6) is -0.0890. The zero-order chi connectivity index (χ0) is 19.4. The van der Waals surface area contributed by atoms with Crippen molar-refractivity contribution in [2.24, 2.45) is 0 Å². The number of fused-ring (bicyclic) bond motifs is 1. The van der Waals surface area contributed by atoms with Crippen molar-refractivity contribution >= 4 is 22.8 Å². The van der Waals surface area contributed by atoms with Crippen LogP contribution in [0.15, 0.2) is 12.3 Å². The highest BCUT2D eigenvalue weighted by atomic mass is 16.2. The van der Waals surface area contributed by atoms with Crippen molar-refractivity contribution in [2.75, 3.05) is 6.54 Å². The zero-order valence-electron chi connectivity index (χ0n) is 16.5. The van der Waals surface area contributed by atoms with Crippen molar-refractivity contribution in [3.8, 4) is 0 Å². The lowest BCUT2D eigenvalue weighted by Crippen LogP contribution is -2.34. The number of hydrogen-bond acceptors (Lipinski definition) is 4. The molecule has 0 unspecified atom stereocenters. The quantitative estimate of drug-likeness (QED) is 0.795. The predicted molar refractivity (Wildman–Crippen MR) is 102 cm³/mol. The molecule has 0 saturated carbocycles. The molecular formula is C19H29N5O2. The molecule has 0 atom stereocenters. The van der Waals surface area contributed by atoms with Gasteiger partial charge in [-0.2, -0.15) is 5.10 Å². The molecule has 2 amide bonds. The van der Waals surface area contributed by atoms with Gasteiger partial charge in [-0.1, -0.05) is 13.8 Å². The predicted octanol–water partition coefficient (Wildman–Crippen LogP) is 2.78. The van der Waals surface area contributed by atoms with Gasteiger partial charge in [-0.05, 0) is 39.7 Å². The molecule has 0 aromatic carbocycles. The number of amides is 2. The molecule has 0 radical (unpaired) electrons. The van der Waals surface area contributed by atoms with E-state index in [1.54, 1.807) is 6.20 Å². The third kappa shape index (κ3) is 4.59. The van der Waals surface area contributed by atoms with Crippen LogP contribution < -0.4 is 10.6 Å². The van der Waals surface area contributed by atoms with E-state index in [0.29, 0.717) is 11.2 Å². The van der Waals surface area contributed by atoms with Crippen molar-refractivity contribution in [3.05, 3.63) is 23.5 Å². The summed E-state index contributed by atoms with van der Waals surface area (Å²) in [6.45, 7) is 12.3. The number of carbonyl (C=O) groups excluding carboxylic acids is 2. The summed E-state index contributed by atoms with van der Waals surface area (Å²) in [6.07, 6.45) is 1.94. The Hall–Kier alpha value is -2.44. The summed E-state index contributed by atoms with van der Waals surface area (Å²) in [5, 5.41) is 10.8. The number of hydrogen-bond donors (Lipinski definition) is 2. The Labute approximate surface area is 154 Å². The SMILES string of the molecule is CC(C)NC(=O)CCNC(=O)c1cc(C(C)C)nc2c1cnn2C(C)C. The second-order valence-corrected chi connectivity index (χ2v) is 7.40. The van der Waals surface area contributed by atoms with E-state index in [2.05, 4.69) is 15.7 Å². The molecule has 0 aliphatic heterocycles. The lowest BCUT2D eigenvalue weighted by atomic mass is 10.0. The maximum absolute atomic E-state index is 12.7. The molecular weight excluding hydrogens is 330 g/mol.